The van der Waals surface area contributed by atoms with E-state index in [-0.39, 0.29) is 18.0 Å². The maximum Gasteiger partial charge on any atom is 0.338 e. The van der Waals surface area contributed by atoms with Crippen LogP contribution in [-0.2, 0) is 17.6 Å². The topological polar surface area (TPSA) is 71.2 Å². The summed E-state index contributed by atoms with van der Waals surface area (Å²) in [6.07, 6.45) is 3.15. The van der Waals surface area contributed by atoms with E-state index in [0.29, 0.717) is 22.7 Å². The van der Waals surface area contributed by atoms with Gasteiger partial charge in [-0.3, -0.25) is 4.79 Å². The Bertz CT molecular complexity index is 1060. The van der Waals surface area contributed by atoms with Gasteiger partial charge in [-0.15, -0.1) is 0 Å². The first kappa shape index (κ1) is 19.2. The van der Waals surface area contributed by atoms with Crippen LogP contribution in [-0.4, -0.2) is 23.0 Å². The number of amides is 1. The van der Waals surface area contributed by atoms with Crippen molar-refractivity contribution in [3.63, 3.8) is 0 Å². The van der Waals surface area contributed by atoms with Crippen LogP contribution in [0.5, 0.6) is 0 Å². The van der Waals surface area contributed by atoms with E-state index >= 15 is 0 Å². The van der Waals surface area contributed by atoms with Gasteiger partial charge in [0.25, 0.3) is 5.91 Å². The van der Waals surface area contributed by atoms with Crippen LogP contribution in [0.2, 0.25) is 0 Å². The number of carbonyl (C=O) groups is 2. The zero-order valence-corrected chi connectivity index (χ0v) is 17.0. The lowest BCUT2D eigenvalue weighted by atomic mass is 9.87. The molecule has 1 aliphatic carbocycles. The third-order valence-electron chi connectivity index (χ3n) is 5.42. The van der Waals surface area contributed by atoms with E-state index in [4.69, 9.17) is 4.74 Å². The quantitative estimate of drug-likeness (QED) is 0.608. The second-order valence-electron chi connectivity index (χ2n) is 8.18. The van der Waals surface area contributed by atoms with Crippen LogP contribution in [0.3, 0.4) is 0 Å². The lowest BCUT2D eigenvalue weighted by molar-refractivity contribution is 0.0378. The summed E-state index contributed by atoms with van der Waals surface area (Å²) in [5, 5.41) is 4.05. The summed E-state index contributed by atoms with van der Waals surface area (Å²) in [5.74, 6) is 0.137. The van der Waals surface area contributed by atoms with Gasteiger partial charge in [-0.1, -0.05) is 6.92 Å². The Morgan fingerprint density at radius 1 is 1.10 bits per heavy atom. The molecule has 0 aliphatic heterocycles. The molecule has 1 aromatic heterocycles. The number of H-pyrrole nitrogens is 1. The minimum Gasteiger partial charge on any atom is -0.459 e. The van der Waals surface area contributed by atoms with Crippen LogP contribution in [0.15, 0.2) is 42.5 Å². The van der Waals surface area contributed by atoms with E-state index < -0.39 is 0 Å². The molecule has 1 atom stereocenters. The van der Waals surface area contributed by atoms with Gasteiger partial charge in [0.2, 0.25) is 0 Å². The van der Waals surface area contributed by atoms with Gasteiger partial charge >= 0.3 is 5.97 Å². The number of rotatable bonds is 4. The average Bonchev–Trinajstić information content (AvgIpc) is 3.05. The molecule has 4 rings (SSSR count). The fourth-order valence-corrected chi connectivity index (χ4v) is 3.91. The molecule has 5 heteroatoms. The summed E-state index contributed by atoms with van der Waals surface area (Å²) in [6.45, 7) is 5.90. The maximum absolute atomic E-state index is 12.8. The Morgan fingerprint density at radius 2 is 1.83 bits per heavy atom. The minimum absolute atomic E-state index is 0.164. The van der Waals surface area contributed by atoms with Crippen LogP contribution in [0.25, 0.3) is 10.9 Å². The summed E-state index contributed by atoms with van der Waals surface area (Å²) in [5.41, 5.74) is 5.47. The highest BCUT2D eigenvalue weighted by atomic mass is 16.5. The number of hydrogen-bond acceptors (Lipinski definition) is 3. The maximum atomic E-state index is 12.8. The summed E-state index contributed by atoms with van der Waals surface area (Å²) in [4.78, 5) is 28.2. The first-order chi connectivity index (χ1) is 13.9. The Hall–Kier alpha value is -3.08. The van der Waals surface area contributed by atoms with E-state index in [1.165, 1.54) is 17.7 Å². The highest BCUT2D eigenvalue weighted by Crippen LogP contribution is 2.32. The largest absolute Gasteiger partial charge is 0.459 e. The van der Waals surface area contributed by atoms with E-state index in [1.54, 1.807) is 24.3 Å². The number of hydrogen-bond donors (Lipinski definition) is 2. The van der Waals surface area contributed by atoms with Crippen LogP contribution in [0.4, 0.5) is 5.69 Å². The molecule has 2 N–H and O–H groups in total. The van der Waals surface area contributed by atoms with E-state index in [0.717, 1.165) is 23.7 Å². The Balaban J connectivity index is 1.52. The van der Waals surface area contributed by atoms with E-state index in [1.807, 2.05) is 32.0 Å². The number of ether oxygens (including phenoxy) is 1. The first-order valence-corrected chi connectivity index (χ1v) is 10.2. The molecule has 0 bridgehead atoms. The Labute approximate surface area is 170 Å². The first-order valence-electron chi connectivity index (χ1n) is 10.2. The van der Waals surface area contributed by atoms with Crippen molar-refractivity contribution in [2.45, 2.75) is 46.1 Å². The molecule has 0 spiro atoms. The van der Waals surface area contributed by atoms with Crippen molar-refractivity contribution < 1.29 is 14.3 Å². The lowest BCUT2D eigenvalue weighted by Gasteiger charge is -2.18. The normalized spacial score (nSPS) is 15.9. The number of anilines is 1. The molecular formula is C24H26N2O3. The monoisotopic (exact) mass is 390 g/mol. The molecule has 2 aromatic carbocycles. The molecule has 29 heavy (non-hydrogen) atoms. The van der Waals surface area contributed by atoms with Crippen molar-refractivity contribution in [3.8, 4) is 0 Å². The van der Waals surface area contributed by atoms with Gasteiger partial charge < -0.3 is 15.0 Å². The molecular weight excluding hydrogens is 364 g/mol. The van der Waals surface area contributed by atoms with Crippen molar-refractivity contribution in [1.29, 1.82) is 0 Å². The summed E-state index contributed by atoms with van der Waals surface area (Å²) in [7, 11) is 0. The van der Waals surface area contributed by atoms with Crippen LogP contribution in [0, 0.1) is 5.92 Å². The van der Waals surface area contributed by atoms with Gasteiger partial charge in [-0.05, 0) is 87.1 Å². The molecule has 1 aliphatic rings. The average molecular weight is 390 g/mol. The van der Waals surface area contributed by atoms with Gasteiger partial charge in [-0.25, -0.2) is 4.79 Å². The van der Waals surface area contributed by atoms with E-state index in [2.05, 4.69) is 17.2 Å². The van der Waals surface area contributed by atoms with Crippen molar-refractivity contribution >= 4 is 28.5 Å². The fraction of sp³-hybridized carbons (Fsp3) is 0.333. The minimum atomic E-state index is -0.366. The molecule has 0 fully saturated rings. The highest BCUT2D eigenvalue weighted by molar-refractivity contribution is 6.06. The van der Waals surface area contributed by atoms with Crippen molar-refractivity contribution in [2.24, 2.45) is 5.92 Å². The molecule has 1 amide bonds. The molecule has 0 saturated carbocycles. The molecule has 0 saturated heterocycles. The zero-order valence-electron chi connectivity index (χ0n) is 17.0. The van der Waals surface area contributed by atoms with Gasteiger partial charge in [0, 0.05) is 27.8 Å². The number of benzene rings is 2. The number of esters is 1. The predicted octanol–water partition coefficient (Wildman–Crippen LogP) is 5.11. The molecule has 3 aromatic rings. The zero-order chi connectivity index (χ0) is 20.5. The van der Waals surface area contributed by atoms with E-state index in [9.17, 15) is 9.59 Å². The lowest BCUT2D eigenvalue weighted by Crippen LogP contribution is -2.13. The molecule has 150 valence electrons. The second-order valence-corrected chi connectivity index (χ2v) is 8.18. The predicted molar refractivity (Wildman–Crippen MR) is 114 cm³/mol. The fourth-order valence-electron chi connectivity index (χ4n) is 3.91. The number of carbonyl (C=O) groups excluding carboxylic acids is 2. The van der Waals surface area contributed by atoms with Gasteiger partial charge in [0.15, 0.2) is 0 Å². The molecule has 0 unspecified atom stereocenters. The van der Waals surface area contributed by atoms with Crippen molar-refractivity contribution in [3.05, 3.63) is 64.8 Å². The number of nitrogens with one attached hydrogen (secondary N) is 2. The third kappa shape index (κ3) is 4.04. The number of aromatic nitrogens is 1. The second kappa shape index (κ2) is 7.74. The standard InChI is InChI=1S/C24H26N2O3/c1-14(2)29-24(28)16-5-8-18(9-6-16)25-23(27)17-7-11-22-20(13-17)19-12-15(3)4-10-21(19)26-22/h5-9,11,13-15,26H,4,10,12H2,1-3H3,(H,25,27)/t15-/m1/s1. The third-order valence-corrected chi connectivity index (χ3v) is 5.42. The van der Waals surface area contributed by atoms with Crippen LogP contribution in [0.1, 0.15) is 59.2 Å². The SMILES string of the molecule is CC(C)OC(=O)c1ccc(NC(=O)c2ccc3[nH]c4c(c3c2)C[C@H](C)CC4)cc1. The molecule has 0 radical (unpaired) electrons. The highest BCUT2D eigenvalue weighted by Gasteiger charge is 2.20. The number of aryl methyl sites for hydroxylation is 1. The van der Waals surface area contributed by atoms with Crippen LogP contribution >= 0.6 is 0 Å². The van der Waals surface area contributed by atoms with Crippen LogP contribution < -0.4 is 5.32 Å². The molecule has 1 heterocycles. The summed E-state index contributed by atoms with van der Waals surface area (Å²) < 4.78 is 5.18. The Morgan fingerprint density at radius 3 is 2.55 bits per heavy atom. The smallest absolute Gasteiger partial charge is 0.338 e. The molecule has 5 nitrogen and oxygen atoms in total. The van der Waals surface area contributed by atoms with Crippen molar-refractivity contribution in [1.82, 2.24) is 4.98 Å². The summed E-state index contributed by atoms with van der Waals surface area (Å²) >= 11 is 0. The number of aromatic amines is 1. The Kier molecular flexibility index (Phi) is 5.14. The number of fused-ring (bicyclic) bond motifs is 3. The van der Waals surface area contributed by atoms with Gasteiger partial charge in [0.1, 0.15) is 0 Å². The van der Waals surface area contributed by atoms with Gasteiger partial charge in [-0.2, -0.15) is 0 Å². The van der Waals surface area contributed by atoms with Crippen molar-refractivity contribution in [2.75, 3.05) is 5.32 Å². The van der Waals surface area contributed by atoms with Gasteiger partial charge in [0.05, 0.1) is 11.7 Å². The summed E-state index contributed by atoms with van der Waals surface area (Å²) in [6, 6.07) is 12.6.